The molecule has 0 unspecified atom stereocenters. The Hall–Kier alpha value is -1.73. The number of ether oxygens (including phenoxy) is 1. The molecule has 1 N–H and O–H groups in total. The fraction of sp³-hybridized carbons (Fsp3) is 0.429. The highest BCUT2D eigenvalue weighted by molar-refractivity contribution is 6.31. The number of nitrogens with one attached hydrogen (secondary N) is 1. The zero-order valence-electron chi connectivity index (χ0n) is 11.1. The Balaban J connectivity index is 2.81. The molecule has 0 saturated heterocycles. The van der Waals surface area contributed by atoms with Gasteiger partial charge in [0.15, 0.2) is 0 Å². The lowest BCUT2D eigenvalue weighted by molar-refractivity contribution is 0.0946. The van der Waals surface area contributed by atoms with Gasteiger partial charge in [-0.25, -0.2) is 0 Å². The van der Waals surface area contributed by atoms with Gasteiger partial charge in [-0.05, 0) is 31.5 Å². The standard InChI is InChI=1S/C14H17ClN2O2/c1-3-6-19-13-5-4-11(15)7-12(13)14(18)17-9-10(2)8-16/h4-5,7,10H,3,6,9H2,1-2H3,(H,17,18)/t10-/m0/s1. The van der Waals surface area contributed by atoms with Gasteiger partial charge in [0.2, 0.25) is 0 Å². The second-order valence-corrected chi connectivity index (χ2v) is 4.67. The molecule has 0 bridgehead atoms. The van der Waals surface area contributed by atoms with E-state index in [1.54, 1.807) is 25.1 Å². The smallest absolute Gasteiger partial charge is 0.255 e. The zero-order chi connectivity index (χ0) is 14.3. The van der Waals surface area contributed by atoms with Crippen LogP contribution in [-0.2, 0) is 0 Å². The maximum absolute atomic E-state index is 12.0. The van der Waals surface area contributed by atoms with Crippen molar-refractivity contribution in [3.63, 3.8) is 0 Å². The van der Waals surface area contributed by atoms with Gasteiger partial charge in [0.25, 0.3) is 5.91 Å². The van der Waals surface area contributed by atoms with Gasteiger partial charge in [-0.1, -0.05) is 18.5 Å². The quantitative estimate of drug-likeness (QED) is 0.871. The molecule has 0 aliphatic heterocycles. The Morgan fingerprint density at radius 3 is 2.95 bits per heavy atom. The number of nitrogens with zero attached hydrogens (tertiary/aromatic N) is 1. The van der Waals surface area contributed by atoms with Gasteiger partial charge in [-0.15, -0.1) is 0 Å². The molecule has 19 heavy (non-hydrogen) atoms. The fourth-order valence-electron chi connectivity index (χ4n) is 1.40. The highest BCUT2D eigenvalue weighted by atomic mass is 35.5. The lowest BCUT2D eigenvalue weighted by Crippen LogP contribution is -2.28. The molecule has 1 rings (SSSR count). The number of benzene rings is 1. The molecule has 0 aromatic heterocycles. The van der Waals surface area contributed by atoms with Gasteiger partial charge in [-0.3, -0.25) is 4.79 Å². The van der Waals surface area contributed by atoms with Crippen molar-refractivity contribution in [3.05, 3.63) is 28.8 Å². The first-order valence-electron chi connectivity index (χ1n) is 6.18. The highest BCUT2D eigenvalue weighted by Crippen LogP contribution is 2.23. The summed E-state index contributed by atoms with van der Waals surface area (Å²) in [6.45, 7) is 4.57. The summed E-state index contributed by atoms with van der Waals surface area (Å²) in [6.07, 6.45) is 0.856. The number of halogens is 1. The van der Waals surface area contributed by atoms with Crippen LogP contribution in [0, 0.1) is 17.2 Å². The van der Waals surface area contributed by atoms with Gasteiger partial charge in [0, 0.05) is 11.6 Å². The summed E-state index contributed by atoms with van der Waals surface area (Å²) in [7, 11) is 0. The normalized spacial score (nSPS) is 11.5. The molecule has 0 saturated carbocycles. The molecule has 5 heteroatoms. The van der Waals surface area contributed by atoms with Gasteiger partial charge in [-0.2, -0.15) is 5.26 Å². The summed E-state index contributed by atoms with van der Waals surface area (Å²) in [4.78, 5) is 12.0. The minimum absolute atomic E-state index is 0.233. The first-order valence-corrected chi connectivity index (χ1v) is 6.56. The highest BCUT2D eigenvalue weighted by Gasteiger charge is 2.14. The Morgan fingerprint density at radius 1 is 1.58 bits per heavy atom. The molecule has 1 aromatic carbocycles. The number of rotatable bonds is 6. The van der Waals surface area contributed by atoms with Crippen LogP contribution < -0.4 is 10.1 Å². The maximum atomic E-state index is 12.0. The van der Waals surface area contributed by atoms with E-state index in [4.69, 9.17) is 21.6 Å². The maximum Gasteiger partial charge on any atom is 0.255 e. The van der Waals surface area contributed by atoms with Crippen LogP contribution in [0.3, 0.4) is 0 Å². The van der Waals surface area contributed by atoms with E-state index in [-0.39, 0.29) is 11.8 Å². The molecule has 1 aromatic rings. The largest absolute Gasteiger partial charge is 0.493 e. The van der Waals surface area contributed by atoms with Crippen molar-refractivity contribution in [1.82, 2.24) is 5.32 Å². The lowest BCUT2D eigenvalue weighted by atomic mass is 10.1. The van der Waals surface area contributed by atoms with Crippen LogP contribution in [0.1, 0.15) is 30.6 Å². The molecular weight excluding hydrogens is 264 g/mol. The molecule has 0 aliphatic rings. The molecule has 4 nitrogen and oxygen atoms in total. The van der Waals surface area contributed by atoms with Crippen molar-refractivity contribution in [2.75, 3.05) is 13.2 Å². The Kier molecular flexibility index (Phi) is 6.17. The molecule has 102 valence electrons. The third-order valence-electron chi connectivity index (χ3n) is 2.44. The Labute approximate surface area is 118 Å². The van der Waals surface area contributed by atoms with Gasteiger partial charge in [0.05, 0.1) is 24.2 Å². The molecule has 0 spiro atoms. The third-order valence-corrected chi connectivity index (χ3v) is 2.67. The van der Waals surface area contributed by atoms with Gasteiger partial charge < -0.3 is 10.1 Å². The molecule has 0 radical (unpaired) electrons. The van der Waals surface area contributed by atoms with E-state index in [1.165, 1.54) is 0 Å². The van der Waals surface area contributed by atoms with Crippen LogP contribution in [0.5, 0.6) is 5.75 Å². The average Bonchev–Trinajstić information content (AvgIpc) is 2.42. The van der Waals surface area contributed by atoms with Crippen LogP contribution >= 0.6 is 11.6 Å². The van der Waals surface area contributed by atoms with Crippen molar-refractivity contribution >= 4 is 17.5 Å². The number of nitriles is 1. The summed E-state index contributed by atoms with van der Waals surface area (Å²) in [5, 5.41) is 11.9. The van der Waals surface area contributed by atoms with Gasteiger partial charge >= 0.3 is 0 Å². The first-order chi connectivity index (χ1) is 9.08. The van der Waals surface area contributed by atoms with Crippen molar-refractivity contribution in [2.24, 2.45) is 5.92 Å². The van der Waals surface area contributed by atoms with Gasteiger partial charge in [0.1, 0.15) is 5.75 Å². The molecule has 1 amide bonds. The Bertz CT molecular complexity index is 483. The number of hydrogen-bond acceptors (Lipinski definition) is 3. The van der Waals surface area contributed by atoms with Crippen LogP contribution in [-0.4, -0.2) is 19.1 Å². The topological polar surface area (TPSA) is 62.1 Å². The summed E-state index contributed by atoms with van der Waals surface area (Å²) >= 11 is 5.90. The monoisotopic (exact) mass is 280 g/mol. The van der Waals surface area contributed by atoms with Crippen molar-refractivity contribution < 1.29 is 9.53 Å². The molecule has 0 heterocycles. The van der Waals surface area contributed by atoms with E-state index in [1.807, 2.05) is 6.92 Å². The third kappa shape index (κ3) is 4.80. The predicted molar refractivity (Wildman–Crippen MR) is 74.3 cm³/mol. The molecule has 0 aliphatic carbocycles. The van der Waals surface area contributed by atoms with E-state index in [0.29, 0.717) is 29.5 Å². The number of hydrogen-bond donors (Lipinski definition) is 1. The average molecular weight is 281 g/mol. The summed E-state index contributed by atoms with van der Waals surface area (Å²) in [6, 6.07) is 6.99. The van der Waals surface area contributed by atoms with E-state index >= 15 is 0 Å². The van der Waals surface area contributed by atoms with E-state index in [9.17, 15) is 4.79 Å². The second-order valence-electron chi connectivity index (χ2n) is 4.23. The second kappa shape index (κ2) is 7.65. The van der Waals surface area contributed by atoms with E-state index < -0.39 is 0 Å². The molecule has 0 fully saturated rings. The number of carbonyl (C=O) groups excluding carboxylic acids is 1. The minimum atomic E-state index is -0.282. The Morgan fingerprint density at radius 2 is 2.32 bits per heavy atom. The minimum Gasteiger partial charge on any atom is -0.493 e. The number of carbonyl (C=O) groups is 1. The van der Waals surface area contributed by atoms with E-state index in [2.05, 4.69) is 11.4 Å². The fourth-order valence-corrected chi connectivity index (χ4v) is 1.58. The number of amides is 1. The SMILES string of the molecule is CCCOc1ccc(Cl)cc1C(=O)NC[C@@H](C)C#N. The first kappa shape index (κ1) is 15.3. The summed E-state index contributed by atoms with van der Waals surface area (Å²) in [5.74, 6) is -0.00721. The predicted octanol–water partition coefficient (Wildman–Crippen LogP) is 3.02. The van der Waals surface area contributed by atoms with Crippen LogP contribution in [0.4, 0.5) is 0 Å². The van der Waals surface area contributed by atoms with Crippen LogP contribution in [0.15, 0.2) is 18.2 Å². The van der Waals surface area contributed by atoms with Crippen molar-refractivity contribution in [2.45, 2.75) is 20.3 Å². The molecule has 1 atom stereocenters. The van der Waals surface area contributed by atoms with Crippen LogP contribution in [0.25, 0.3) is 0 Å². The zero-order valence-corrected chi connectivity index (χ0v) is 11.8. The van der Waals surface area contributed by atoms with E-state index in [0.717, 1.165) is 6.42 Å². The van der Waals surface area contributed by atoms with Crippen molar-refractivity contribution in [3.8, 4) is 11.8 Å². The van der Waals surface area contributed by atoms with Crippen LogP contribution in [0.2, 0.25) is 5.02 Å². The summed E-state index contributed by atoms with van der Waals surface area (Å²) in [5.41, 5.74) is 0.395. The summed E-state index contributed by atoms with van der Waals surface area (Å²) < 4.78 is 5.51. The molecular formula is C14H17ClN2O2. The van der Waals surface area contributed by atoms with Crippen molar-refractivity contribution in [1.29, 1.82) is 5.26 Å². The lowest BCUT2D eigenvalue weighted by Gasteiger charge is -2.12.